The normalized spacial score (nSPS) is 20.6. The van der Waals surface area contributed by atoms with E-state index in [1.807, 2.05) is 0 Å². The molecule has 0 atom stereocenters. The second-order valence-corrected chi connectivity index (χ2v) is 5.95. The fraction of sp³-hybridized carbons (Fsp3) is 0.467. The van der Waals surface area contributed by atoms with Crippen molar-refractivity contribution in [3.05, 3.63) is 34.9 Å². The maximum Gasteiger partial charge on any atom is 0.417 e. The summed E-state index contributed by atoms with van der Waals surface area (Å²) < 4.78 is 78.0. The average Bonchev–Trinajstić information content (AvgIpc) is 2.82. The van der Waals surface area contributed by atoms with Gasteiger partial charge in [0.15, 0.2) is 0 Å². The number of nitrogens with one attached hydrogen (secondary N) is 2. The van der Waals surface area contributed by atoms with E-state index in [0.29, 0.717) is 38.1 Å². The molecule has 2 aliphatic heterocycles. The summed E-state index contributed by atoms with van der Waals surface area (Å²) in [6.45, 7) is 0.951. The highest BCUT2D eigenvalue weighted by Crippen LogP contribution is 2.38. The molecule has 2 N–H and O–H groups in total. The van der Waals surface area contributed by atoms with Crippen LogP contribution in [0.5, 0.6) is 0 Å². The first-order valence-corrected chi connectivity index (χ1v) is 7.44. The number of nitrogens with zero attached hydrogens (tertiary/aromatic N) is 1. The molecule has 0 unspecified atom stereocenters. The maximum atomic E-state index is 13.3. The minimum atomic E-state index is -5.02. The minimum absolute atomic E-state index is 0.0391. The van der Waals surface area contributed by atoms with E-state index in [-0.39, 0.29) is 11.9 Å². The van der Waals surface area contributed by atoms with Crippen LogP contribution in [0.1, 0.15) is 29.5 Å². The second-order valence-electron chi connectivity index (χ2n) is 5.95. The summed E-state index contributed by atoms with van der Waals surface area (Å²) in [5.41, 5.74) is -4.62. The molecule has 25 heavy (non-hydrogen) atoms. The Kier molecular flexibility index (Phi) is 4.05. The Bertz CT molecular complexity index is 732. The molecule has 3 rings (SSSR count). The molecule has 0 aromatic heterocycles. The van der Waals surface area contributed by atoms with E-state index in [0.717, 1.165) is 0 Å². The van der Waals surface area contributed by atoms with E-state index < -0.39 is 40.5 Å². The highest BCUT2D eigenvalue weighted by atomic mass is 19.4. The largest absolute Gasteiger partial charge is 0.417 e. The molecule has 1 aromatic rings. The highest BCUT2D eigenvalue weighted by molar-refractivity contribution is 6.16. The van der Waals surface area contributed by atoms with E-state index in [1.54, 1.807) is 0 Å². The van der Waals surface area contributed by atoms with Gasteiger partial charge in [-0.3, -0.25) is 9.79 Å². The highest BCUT2D eigenvalue weighted by Gasteiger charge is 2.46. The molecule has 10 heteroatoms. The van der Waals surface area contributed by atoms with Crippen molar-refractivity contribution < 1.29 is 31.1 Å². The molecular formula is C15H13F6N3O. The number of benzene rings is 1. The molecule has 2 aliphatic rings. The van der Waals surface area contributed by atoms with E-state index in [1.165, 1.54) is 0 Å². The molecule has 1 amide bonds. The van der Waals surface area contributed by atoms with Crippen molar-refractivity contribution >= 4 is 11.7 Å². The van der Waals surface area contributed by atoms with Crippen LogP contribution in [0.4, 0.5) is 26.3 Å². The number of carbonyl (C=O) groups is 1. The summed E-state index contributed by atoms with van der Waals surface area (Å²) in [5.74, 6) is -0.870. The van der Waals surface area contributed by atoms with Gasteiger partial charge in [0.2, 0.25) is 0 Å². The molecule has 1 saturated heterocycles. The van der Waals surface area contributed by atoms with E-state index in [9.17, 15) is 31.1 Å². The molecule has 0 bridgehead atoms. The van der Waals surface area contributed by atoms with Gasteiger partial charge in [-0.2, -0.15) is 26.3 Å². The summed E-state index contributed by atoms with van der Waals surface area (Å²) in [5, 5.41) is 5.32. The van der Waals surface area contributed by atoms with Crippen LogP contribution in [-0.4, -0.2) is 30.4 Å². The number of carbonyl (C=O) groups excluding carboxylic acids is 1. The molecule has 4 nitrogen and oxygen atoms in total. The number of rotatable bonds is 1. The van der Waals surface area contributed by atoms with Crippen molar-refractivity contribution in [1.82, 2.24) is 10.6 Å². The zero-order chi connectivity index (χ0) is 18.5. The lowest BCUT2D eigenvalue weighted by atomic mass is 9.89. The van der Waals surface area contributed by atoms with Crippen molar-refractivity contribution in [2.75, 3.05) is 13.1 Å². The number of halogens is 6. The van der Waals surface area contributed by atoms with Crippen LogP contribution in [0.15, 0.2) is 23.2 Å². The van der Waals surface area contributed by atoms with E-state index >= 15 is 0 Å². The Hall–Kier alpha value is -2.10. The molecule has 0 saturated carbocycles. The van der Waals surface area contributed by atoms with Gasteiger partial charge in [0.1, 0.15) is 11.4 Å². The van der Waals surface area contributed by atoms with Gasteiger partial charge in [0, 0.05) is 5.56 Å². The van der Waals surface area contributed by atoms with Crippen LogP contribution in [0.3, 0.4) is 0 Å². The van der Waals surface area contributed by atoms with E-state index in [4.69, 9.17) is 0 Å². The van der Waals surface area contributed by atoms with Gasteiger partial charge in [0.25, 0.3) is 5.91 Å². The third-order valence-electron chi connectivity index (χ3n) is 4.32. The summed E-state index contributed by atoms with van der Waals surface area (Å²) >= 11 is 0. The predicted octanol–water partition coefficient (Wildman–Crippen LogP) is 2.72. The van der Waals surface area contributed by atoms with Crippen LogP contribution in [0.2, 0.25) is 0 Å². The smallest absolute Gasteiger partial charge is 0.317 e. The van der Waals surface area contributed by atoms with Gasteiger partial charge in [-0.1, -0.05) is 6.07 Å². The molecular weight excluding hydrogens is 352 g/mol. The Morgan fingerprint density at radius 3 is 2.20 bits per heavy atom. The fourth-order valence-electron chi connectivity index (χ4n) is 2.99. The van der Waals surface area contributed by atoms with Crippen LogP contribution in [-0.2, 0) is 17.1 Å². The summed E-state index contributed by atoms with van der Waals surface area (Å²) in [4.78, 5) is 16.3. The fourth-order valence-corrected chi connectivity index (χ4v) is 2.99. The number of alkyl halides is 6. The standard InChI is InChI=1S/C15H13F6N3O/c16-14(17,18)8-1-2-9(10(7-8)15(19,20)21)11-23-12(25)13(24-11)3-5-22-6-4-13/h1-2,7,22H,3-6H2,(H,23,24,25). The number of piperidine rings is 1. The van der Waals surface area contributed by atoms with Crippen LogP contribution >= 0.6 is 0 Å². The van der Waals surface area contributed by atoms with Gasteiger partial charge in [-0.15, -0.1) is 0 Å². The first-order valence-electron chi connectivity index (χ1n) is 7.44. The minimum Gasteiger partial charge on any atom is -0.317 e. The summed E-state index contributed by atoms with van der Waals surface area (Å²) in [6.07, 6.45) is -9.31. The van der Waals surface area contributed by atoms with Crippen LogP contribution in [0.25, 0.3) is 0 Å². The van der Waals surface area contributed by atoms with Crippen molar-refractivity contribution in [3.8, 4) is 0 Å². The predicted molar refractivity (Wildman–Crippen MR) is 76.0 cm³/mol. The Labute approximate surface area is 138 Å². The van der Waals surface area contributed by atoms with E-state index in [2.05, 4.69) is 15.6 Å². The van der Waals surface area contributed by atoms with Crippen LogP contribution in [0, 0.1) is 0 Å². The molecule has 1 fully saturated rings. The van der Waals surface area contributed by atoms with Gasteiger partial charge < -0.3 is 10.6 Å². The molecule has 136 valence electrons. The van der Waals surface area contributed by atoms with Gasteiger partial charge in [0.05, 0.1) is 11.1 Å². The van der Waals surface area contributed by atoms with Crippen molar-refractivity contribution in [3.63, 3.8) is 0 Å². The van der Waals surface area contributed by atoms with Gasteiger partial charge in [-0.05, 0) is 38.1 Å². The number of hydrogen-bond acceptors (Lipinski definition) is 3. The zero-order valence-corrected chi connectivity index (χ0v) is 12.7. The number of aliphatic imine (C=N–C) groups is 1. The Morgan fingerprint density at radius 2 is 1.64 bits per heavy atom. The quantitative estimate of drug-likeness (QED) is 0.752. The number of amides is 1. The van der Waals surface area contributed by atoms with Crippen LogP contribution < -0.4 is 10.6 Å². The van der Waals surface area contributed by atoms with Gasteiger partial charge >= 0.3 is 12.4 Å². The maximum absolute atomic E-state index is 13.3. The summed E-state index contributed by atoms with van der Waals surface area (Å²) in [7, 11) is 0. The topological polar surface area (TPSA) is 53.5 Å². The molecule has 1 aromatic carbocycles. The molecule has 0 aliphatic carbocycles. The third kappa shape index (κ3) is 3.22. The van der Waals surface area contributed by atoms with Crippen molar-refractivity contribution in [2.45, 2.75) is 30.7 Å². The lowest BCUT2D eigenvalue weighted by molar-refractivity contribution is -0.143. The first kappa shape index (κ1) is 17.7. The SMILES string of the molecule is O=C1NC(c2ccc(C(F)(F)F)cc2C(F)(F)F)=NC12CCNCC2. The molecule has 2 heterocycles. The van der Waals surface area contributed by atoms with Gasteiger partial charge in [-0.25, -0.2) is 0 Å². The monoisotopic (exact) mass is 365 g/mol. The lowest BCUT2D eigenvalue weighted by Gasteiger charge is -2.28. The molecule has 0 radical (unpaired) electrons. The Morgan fingerprint density at radius 1 is 1.00 bits per heavy atom. The third-order valence-corrected chi connectivity index (χ3v) is 4.32. The first-order chi connectivity index (χ1) is 11.5. The molecule has 1 spiro atoms. The number of hydrogen-bond donors (Lipinski definition) is 2. The Balaban J connectivity index is 2.08. The second kappa shape index (κ2) is 5.72. The van der Waals surface area contributed by atoms with Crippen molar-refractivity contribution in [2.24, 2.45) is 4.99 Å². The zero-order valence-electron chi connectivity index (χ0n) is 12.7. The lowest BCUT2D eigenvalue weighted by Crippen LogP contribution is -2.47. The number of amidine groups is 1. The summed E-state index contributed by atoms with van der Waals surface area (Å²) in [6, 6.07) is 1.29. The average molecular weight is 365 g/mol. The van der Waals surface area contributed by atoms with Crippen molar-refractivity contribution in [1.29, 1.82) is 0 Å².